The van der Waals surface area contributed by atoms with Gasteiger partial charge in [0.2, 0.25) is 5.88 Å². The van der Waals surface area contributed by atoms with E-state index in [0.717, 1.165) is 30.5 Å². The number of pyridine rings is 1. The second kappa shape index (κ2) is 7.17. The lowest BCUT2D eigenvalue weighted by atomic mass is 9.94. The molecule has 0 spiro atoms. The van der Waals surface area contributed by atoms with E-state index in [1.54, 1.807) is 6.20 Å². The molecule has 0 bridgehead atoms. The van der Waals surface area contributed by atoms with Crippen LogP contribution >= 0.6 is 0 Å². The molecular weight excluding hydrogens is 224 g/mol. The molecule has 0 radical (unpaired) electrons. The number of nitrogens with zero attached hydrogens (tertiary/aromatic N) is 1. The van der Waals surface area contributed by atoms with Crippen LogP contribution in [0, 0.1) is 5.92 Å². The summed E-state index contributed by atoms with van der Waals surface area (Å²) in [6, 6.07) is 4.04. The van der Waals surface area contributed by atoms with Crippen LogP contribution in [0.15, 0.2) is 30.5 Å². The number of hydrogen-bond donors (Lipinski definition) is 1. The second-order valence-corrected chi connectivity index (χ2v) is 4.68. The normalized spacial score (nSPS) is 18.8. The van der Waals surface area contributed by atoms with Crippen LogP contribution < -0.4 is 10.1 Å². The zero-order valence-electron chi connectivity index (χ0n) is 11.1. The van der Waals surface area contributed by atoms with Crippen molar-refractivity contribution in [1.82, 2.24) is 10.3 Å². The van der Waals surface area contributed by atoms with Gasteiger partial charge in [0, 0.05) is 18.3 Å². The minimum absolute atomic E-state index is 0.664. The predicted molar refractivity (Wildman–Crippen MR) is 73.6 cm³/mol. The molecule has 0 saturated carbocycles. The molecule has 1 N–H and O–H groups in total. The van der Waals surface area contributed by atoms with E-state index in [4.69, 9.17) is 4.74 Å². The topological polar surface area (TPSA) is 34.1 Å². The average molecular weight is 246 g/mol. The summed E-state index contributed by atoms with van der Waals surface area (Å²) in [7, 11) is 0. The molecule has 98 valence electrons. The summed E-state index contributed by atoms with van der Waals surface area (Å²) in [6.07, 6.45) is 10.1. The minimum Gasteiger partial charge on any atom is -0.478 e. The lowest BCUT2D eigenvalue weighted by Gasteiger charge is -2.18. The molecule has 1 unspecified atom stereocenters. The Morgan fingerprint density at radius 2 is 2.39 bits per heavy atom. The summed E-state index contributed by atoms with van der Waals surface area (Å²) in [4.78, 5) is 4.26. The van der Waals surface area contributed by atoms with E-state index in [1.807, 2.05) is 13.0 Å². The zero-order chi connectivity index (χ0) is 12.6. The van der Waals surface area contributed by atoms with E-state index in [9.17, 15) is 0 Å². The Morgan fingerprint density at radius 1 is 1.44 bits per heavy atom. The maximum Gasteiger partial charge on any atom is 0.217 e. The van der Waals surface area contributed by atoms with E-state index in [-0.39, 0.29) is 0 Å². The number of ether oxygens (including phenoxy) is 1. The Bertz CT molecular complexity index is 390. The van der Waals surface area contributed by atoms with Gasteiger partial charge in [0.15, 0.2) is 0 Å². The lowest BCUT2D eigenvalue weighted by Crippen LogP contribution is -2.23. The van der Waals surface area contributed by atoms with Gasteiger partial charge in [0.05, 0.1) is 6.61 Å². The molecule has 1 heterocycles. The number of rotatable bonds is 6. The molecule has 0 saturated heterocycles. The van der Waals surface area contributed by atoms with Gasteiger partial charge >= 0.3 is 0 Å². The molecule has 3 heteroatoms. The van der Waals surface area contributed by atoms with Gasteiger partial charge in [-0.2, -0.15) is 0 Å². The van der Waals surface area contributed by atoms with Crippen LogP contribution in [0.3, 0.4) is 0 Å². The Kier molecular flexibility index (Phi) is 5.21. The summed E-state index contributed by atoms with van der Waals surface area (Å²) in [6.45, 7) is 4.56. The molecule has 0 fully saturated rings. The zero-order valence-corrected chi connectivity index (χ0v) is 11.1. The van der Waals surface area contributed by atoms with Gasteiger partial charge in [0.25, 0.3) is 0 Å². The highest BCUT2D eigenvalue weighted by molar-refractivity contribution is 5.25. The fraction of sp³-hybridized carbons (Fsp3) is 0.533. The first-order valence-electron chi connectivity index (χ1n) is 6.82. The van der Waals surface area contributed by atoms with Gasteiger partial charge < -0.3 is 10.1 Å². The van der Waals surface area contributed by atoms with Crippen molar-refractivity contribution < 1.29 is 4.74 Å². The van der Waals surface area contributed by atoms with Crippen molar-refractivity contribution in [3.63, 3.8) is 0 Å². The number of allylic oxidation sites excluding steroid dienone is 2. The highest BCUT2D eigenvalue weighted by Gasteiger charge is 2.10. The van der Waals surface area contributed by atoms with Gasteiger partial charge in [0.1, 0.15) is 0 Å². The Morgan fingerprint density at radius 3 is 3.17 bits per heavy atom. The van der Waals surface area contributed by atoms with Crippen molar-refractivity contribution >= 4 is 0 Å². The molecule has 18 heavy (non-hydrogen) atoms. The Hall–Kier alpha value is -1.35. The van der Waals surface area contributed by atoms with Crippen molar-refractivity contribution in [3.8, 4) is 5.88 Å². The highest BCUT2D eigenvalue weighted by atomic mass is 16.5. The summed E-state index contributed by atoms with van der Waals surface area (Å²) in [5, 5.41) is 3.52. The molecular formula is C15H22N2O. The van der Waals surface area contributed by atoms with Gasteiger partial charge in [-0.3, -0.25) is 0 Å². The molecule has 1 aromatic rings. The van der Waals surface area contributed by atoms with Gasteiger partial charge in [-0.25, -0.2) is 4.98 Å². The summed E-state index contributed by atoms with van der Waals surface area (Å²) in [5.74, 6) is 1.54. The predicted octanol–water partition coefficient (Wildman–Crippen LogP) is 2.93. The third-order valence-corrected chi connectivity index (χ3v) is 3.26. The van der Waals surface area contributed by atoms with Crippen LogP contribution in [-0.4, -0.2) is 18.1 Å². The summed E-state index contributed by atoms with van der Waals surface area (Å²) in [5.41, 5.74) is 1.14. The van der Waals surface area contributed by atoms with Crippen molar-refractivity contribution in [2.75, 3.05) is 13.2 Å². The third kappa shape index (κ3) is 3.84. The molecule has 1 aliphatic rings. The fourth-order valence-corrected chi connectivity index (χ4v) is 2.28. The first-order valence-corrected chi connectivity index (χ1v) is 6.82. The molecule has 0 aromatic carbocycles. The standard InChI is InChI=1S/C15H22N2O/c1-2-18-15-14(9-6-10-17-15)12-16-11-13-7-4-3-5-8-13/h3-4,6,9-10,13,16H,2,5,7-8,11-12H2,1H3. The monoisotopic (exact) mass is 246 g/mol. The number of aromatic nitrogens is 1. The molecule has 1 aliphatic carbocycles. The molecule has 0 aliphatic heterocycles. The lowest BCUT2D eigenvalue weighted by molar-refractivity contribution is 0.321. The first-order chi connectivity index (χ1) is 8.90. The molecule has 3 nitrogen and oxygen atoms in total. The van der Waals surface area contributed by atoms with Crippen molar-refractivity contribution in [1.29, 1.82) is 0 Å². The molecule has 1 aromatic heterocycles. The number of nitrogens with one attached hydrogen (secondary N) is 1. The summed E-state index contributed by atoms with van der Waals surface area (Å²) >= 11 is 0. The molecule has 0 amide bonds. The van der Waals surface area contributed by atoms with Crippen molar-refractivity contribution in [2.45, 2.75) is 32.7 Å². The molecule has 1 atom stereocenters. The third-order valence-electron chi connectivity index (χ3n) is 3.26. The van der Waals surface area contributed by atoms with E-state index in [2.05, 4.69) is 28.5 Å². The maximum atomic E-state index is 5.52. The smallest absolute Gasteiger partial charge is 0.217 e. The maximum absolute atomic E-state index is 5.52. The van der Waals surface area contributed by atoms with E-state index in [0.29, 0.717) is 6.61 Å². The molecule has 2 rings (SSSR count). The van der Waals surface area contributed by atoms with Crippen LogP contribution in [0.25, 0.3) is 0 Å². The van der Waals surface area contributed by atoms with Gasteiger partial charge in [-0.15, -0.1) is 0 Å². The Balaban J connectivity index is 1.80. The highest BCUT2D eigenvalue weighted by Crippen LogP contribution is 2.18. The first kappa shape index (κ1) is 13.1. The second-order valence-electron chi connectivity index (χ2n) is 4.68. The van der Waals surface area contributed by atoms with Crippen LogP contribution in [0.4, 0.5) is 0 Å². The van der Waals surface area contributed by atoms with E-state index >= 15 is 0 Å². The SMILES string of the molecule is CCOc1ncccc1CNCC1CC=CCC1. The number of hydrogen-bond acceptors (Lipinski definition) is 3. The van der Waals surface area contributed by atoms with E-state index < -0.39 is 0 Å². The van der Waals surface area contributed by atoms with Crippen LogP contribution in [0.5, 0.6) is 5.88 Å². The van der Waals surface area contributed by atoms with Crippen LogP contribution in [0.1, 0.15) is 31.7 Å². The Labute approximate surface area is 109 Å². The summed E-state index contributed by atoms with van der Waals surface area (Å²) < 4.78 is 5.52. The van der Waals surface area contributed by atoms with Crippen molar-refractivity contribution in [2.24, 2.45) is 5.92 Å². The van der Waals surface area contributed by atoms with Crippen LogP contribution in [-0.2, 0) is 6.54 Å². The minimum atomic E-state index is 0.664. The van der Waals surface area contributed by atoms with Gasteiger partial charge in [-0.1, -0.05) is 18.2 Å². The van der Waals surface area contributed by atoms with E-state index in [1.165, 1.54) is 19.3 Å². The van der Waals surface area contributed by atoms with Crippen molar-refractivity contribution in [3.05, 3.63) is 36.0 Å². The fourth-order valence-electron chi connectivity index (χ4n) is 2.28. The van der Waals surface area contributed by atoms with Gasteiger partial charge in [-0.05, 0) is 44.7 Å². The average Bonchev–Trinajstić information content (AvgIpc) is 2.42. The quantitative estimate of drug-likeness (QED) is 0.784. The largest absolute Gasteiger partial charge is 0.478 e. The van der Waals surface area contributed by atoms with Crippen LogP contribution in [0.2, 0.25) is 0 Å².